The van der Waals surface area contributed by atoms with E-state index in [1.807, 2.05) is 18.2 Å². The van der Waals surface area contributed by atoms with E-state index in [1.54, 1.807) is 0 Å². The zero-order valence-corrected chi connectivity index (χ0v) is 15.0. The van der Waals surface area contributed by atoms with Gasteiger partial charge in [-0.25, -0.2) is 4.99 Å². The van der Waals surface area contributed by atoms with Gasteiger partial charge in [-0.05, 0) is 31.7 Å². The summed E-state index contributed by atoms with van der Waals surface area (Å²) in [7, 11) is 0. The molecular weight excluding hydrogens is 377 g/mol. The Morgan fingerprint density at radius 3 is 2.76 bits per heavy atom. The highest BCUT2D eigenvalue weighted by molar-refractivity contribution is 14.0. The Hall–Kier alpha value is -0.820. The normalized spacial score (nSPS) is 18.1. The number of nitrogens with zero attached hydrogens (tertiary/aromatic N) is 1. The van der Waals surface area contributed by atoms with E-state index >= 15 is 0 Å². The summed E-state index contributed by atoms with van der Waals surface area (Å²) in [5.41, 5.74) is 1.23. The van der Waals surface area contributed by atoms with Crippen LogP contribution >= 0.6 is 24.0 Å². The summed E-state index contributed by atoms with van der Waals surface area (Å²) in [4.78, 5) is 4.60. The van der Waals surface area contributed by atoms with Crippen LogP contribution in [0.1, 0.15) is 31.7 Å². The lowest BCUT2D eigenvalue weighted by Gasteiger charge is -2.13. The van der Waals surface area contributed by atoms with Crippen LogP contribution in [-0.4, -0.2) is 31.8 Å². The number of rotatable bonds is 6. The minimum absolute atomic E-state index is 0. The van der Waals surface area contributed by atoms with Gasteiger partial charge in [-0.3, -0.25) is 0 Å². The highest BCUT2D eigenvalue weighted by Gasteiger charge is 2.14. The zero-order chi connectivity index (χ0) is 14.0. The van der Waals surface area contributed by atoms with Gasteiger partial charge in [0.25, 0.3) is 0 Å². The van der Waals surface area contributed by atoms with Crippen LogP contribution < -0.4 is 10.6 Å². The molecule has 0 radical (unpaired) electrons. The van der Waals surface area contributed by atoms with Crippen LogP contribution in [0.3, 0.4) is 0 Å². The molecule has 0 aliphatic carbocycles. The van der Waals surface area contributed by atoms with Gasteiger partial charge in [-0.2, -0.15) is 0 Å². The molecular formula is C16H26IN3O. The lowest BCUT2D eigenvalue weighted by atomic mass is 10.2. The molecule has 1 saturated heterocycles. The van der Waals surface area contributed by atoms with Crippen molar-refractivity contribution >= 4 is 29.9 Å². The first-order chi connectivity index (χ1) is 9.88. The monoisotopic (exact) mass is 403 g/mol. The van der Waals surface area contributed by atoms with Crippen LogP contribution in [0.4, 0.5) is 0 Å². The fraction of sp³-hybridized carbons (Fsp3) is 0.562. The molecule has 1 heterocycles. The fourth-order valence-electron chi connectivity index (χ4n) is 2.32. The summed E-state index contributed by atoms with van der Waals surface area (Å²) >= 11 is 0. The Kier molecular flexibility index (Phi) is 9.41. The van der Waals surface area contributed by atoms with E-state index in [0.29, 0.717) is 12.6 Å². The highest BCUT2D eigenvalue weighted by Crippen LogP contribution is 2.14. The number of ether oxygens (including phenoxy) is 1. The second kappa shape index (κ2) is 10.8. The zero-order valence-electron chi connectivity index (χ0n) is 12.7. The van der Waals surface area contributed by atoms with Crippen molar-refractivity contribution in [2.45, 2.75) is 38.8 Å². The van der Waals surface area contributed by atoms with E-state index in [-0.39, 0.29) is 24.0 Å². The average molecular weight is 403 g/mol. The van der Waals surface area contributed by atoms with E-state index in [4.69, 9.17) is 4.74 Å². The van der Waals surface area contributed by atoms with E-state index in [9.17, 15) is 0 Å². The highest BCUT2D eigenvalue weighted by atomic mass is 127. The smallest absolute Gasteiger partial charge is 0.191 e. The van der Waals surface area contributed by atoms with Gasteiger partial charge in [0.15, 0.2) is 5.96 Å². The first-order valence-corrected chi connectivity index (χ1v) is 7.56. The van der Waals surface area contributed by atoms with Gasteiger partial charge in [0.05, 0.1) is 12.6 Å². The number of hydrogen-bond donors (Lipinski definition) is 2. The predicted octanol–water partition coefficient (Wildman–Crippen LogP) is 2.93. The third-order valence-electron chi connectivity index (χ3n) is 3.39. The molecule has 1 aliphatic rings. The first kappa shape index (κ1) is 18.2. The van der Waals surface area contributed by atoms with Crippen LogP contribution in [0.25, 0.3) is 0 Å². The Balaban J connectivity index is 0.00000220. The van der Waals surface area contributed by atoms with Gasteiger partial charge in [-0.1, -0.05) is 30.3 Å². The lowest BCUT2D eigenvalue weighted by molar-refractivity contribution is 0.105. The molecule has 5 heteroatoms. The second-order valence-electron chi connectivity index (χ2n) is 5.03. The lowest BCUT2D eigenvalue weighted by Crippen LogP contribution is -2.38. The molecule has 2 rings (SSSR count). The molecule has 1 atom stereocenters. The molecule has 1 aliphatic heterocycles. The number of halogens is 1. The van der Waals surface area contributed by atoms with Crippen LogP contribution in [0, 0.1) is 0 Å². The maximum Gasteiger partial charge on any atom is 0.191 e. The standard InChI is InChI=1S/C16H25N3O.HI/c1-2-17-16(18-11-10-15-9-6-12-20-15)19-13-14-7-4-3-5-8-14;/h3-5,7-8,15H,2,6,9-13H2,1H3,(H2,17,18,19);1H. The average Bonchev–Trinajstić information content (AvgIpc) is 2.99. The fourth-order valence-corrected chi connectivity index (χ4v) is 2.32. The van der Waals surface area contributed by atoms with Crippen molar-refractivity contribution in [1.82, 2.24) is 10.6 Å². The van der Waals surface area contributed by atoms with Crippen LogP contribution in [0.15, 0.2) is 35.3 Å². The quantitative estimate of drug-likeness (QED) is 0.436. The molecule has 0 spiro atoms. The Morgan fingerprint density at radius 2 is 2.10 bits per heavy atom. The predicted molar refractivity (Wildman–Crippen MR) is 98.3 cm³/mol. The topological polar surface area (TPSA) is 45.7 Å². The van der Waals surface area contributed by atoms with Gasteiger partial charge in [0, 0.05) is 19.7 Å². The van der Waals surface area contributed by atoms with E-state index in [0.717, 1.165) is 32.1 Å². The van der Waals surface area contributed by atoms with Crippen molar-refractivity contribution in [1.29, 1.82) is 0 Å². The largest absolute Gasteiger partial charge is 0.378 e. The second-order valence-corrected chi connectivity index (χ2v) is 5.03. The maximum absolute atomic E-state index is 5.62. The SMILES string of the molecule is CCNC(=NCc1ccccc1)NCCC1CCCO1.I. The van der Waals surface area contributed by atoms with Crippen LogP contribution in [-0.2, 0) is 11.3 Å². The molecule has 0 saturated carbocycles. The minimum atomic E-state index is 0. The molecule has 1 aromatic rings. The molecule has 21 heavy (non-hydrogen) atoms. The van der Waals surface area contributed by atoms with Gasteiger partial charge >= 0.3 is 0 Å². The molecule has 0 amide bonds. The van der Waals surface area contributed by atoms with E-state index < -0.39 is 0 Å². The molecule has 2 N–H and O–H groups in total. The van der Waals surface area contributed by atoms with Crippen molar-refractivity contribution in [3.63, 3.8) is 0 Å². The molecule has 1 aromatic carbocycles. The van der Waals surface area contributed by atoms with Gasteiger partial charge in [-0.15, -0.1) is 24.0 Å². The number of hydrogen-bond acceptors (Lipinski definition) is 2. The number of guanidine groups is 1. The summed E-state index contributed by atoms with van der Waals surface area (Å²) in [5.74, 6) is 0.884. The van der Waals surface area contributed by atoms with Gasteiger partial charge in [0.2, 0.25) is 0 Å². The summed E-state index contributed by atoms with van der Waals surface area (Å²) in [6.45, 7) is 5.49. The third kappa shape index (κ3) is 7.13. The molecule has 1 fully saturated rings. The Labute approximate surface area is 144 Å². The Bertz CT molecular complexity index is 405. The minimum Gasteiger partial charge on any atom is -0.378 e. The van der Waals surface area contributed by atoms with Gasteiger partial charge < -0.3 is 15.4 Å². The maximum atomic E-state index is 5.62. The van der Waals surface area contributed by atoms with Crippen molar-refractivity contribution < 1.29 is 4.74 Å². The number of aliphatic imine (C=N–C) groups is 1. The molecule has 0 aromatic heterocycles. The summed E-state index contributed by atoms with van der Waals surface area (Å²) in [6, 6.07) is 10.3. The van der Waals surface area contributed by atoms with Crippen LogP contribution in [0.2, 0.25) is 0 Å². The summed E-state index contributed by atoms with van der Waals surface area (Å²) in [6.07, 6.45) is 3.88. The van der Waals surface area contributed by atoms with Crippen molar-refractivity contribution in [2.75, 3.05) is 19.7 Å². The molecule has 1 unspecified atom stereocenters. The Morgan fingerprint density at radius 1 is 1.29 bits per heavy atom. The van der Waals surface area contributed by atoms with Gasteiger partial charge in [0.1, 0.15) is 0 Å². The summed E-state index contributed by atoms with van der Waals surface area (Å²) < 4.78 is 5.62. The third-order valence-corrected chi connectivity index (χ3v) is 3.39. The molecule has 0 bridgehead atoms. The van der Waals surface area contributed by atoms with Crippen molar-refractivity contribution in [3.8, 4) is 0 Å². The number of nitrogens with one attached hydrogen (secondary N) is 2. The first-order valence-electron chi connectivity index (χ1n) is 7.56. The number of benzene rings is 1. The van der Waals surface area contributed by atoms with E-state index in [1.165, 1.54) is 18.4 Å². The molecule has 118 valence electrons. The van der Waals surface area contributed by atoms with Crippen molar-refractivity contribution in [3.05, 3.63) is 35.9 Å². The van der Waals surface area contributed by atoms with Crippen LogP contribution in [0.5, 0.6) is 0 Å². The van der Waals surface area contributed by atoms with E-state index in [2.05, 4.69) is 34.7 Å². The van der Waals surface area contributed by atoms with Crippen molar-refractivity contribution in [2.24, 2.45) is 4.99 Å². The molecule has 4 nitrogen and oxygen atoms in total. The summed E-state index contributed by atoms with van der Waals surface area (Å²) in [5, 5.41) is 6.65.